The fourth-order valence-electron chi connectivity index (χ4n) is 3.03. The zero-order valence-corrected chi connectivity index (χ0v) is 17.5. The summed E-state index contributed by atoms with van der Waals surface area (Å²) >= 11 is 8.05. The van der Waals surface area contributed by atoms with Gasteiger partial charge in [0.2, 0.25) is 11.0 Å². The number of aliphatic hydroxyl groups is 1. The highest BCUT2D eigenvalue weighted by molar-refractivity contribution is 8.00. The number of rotatable bonds is 6. The minimum absolute atomic E-state index is 0.168. The van der Waals surface area contributed by atoms with Crippen molar-refractivity contribution in [2.24, 2.45) is 0 Å². The fraction of sp³-hybridized carbons (Fsp3) is 0.312. The van der Waals surface area contributed by atoms with E-state index in [4.69, 9.17) is 0 Å². The molecule has 2 N–H and O–H groups in total. The number of aliphatic hydroxyl groups excluding tert-OH is 1. The van der Waals surface area contributed by atoms with Crippen LogP contribution in [0.25, 0.3) is 5.57 Å². The first kappa shape index (κ1) is 19.6. The SMILES string of the molecule is O=C(Cc1ccsc1)N[C@@H]1C(=O)N2C(C(=O)S)=C(c3nnc(CO)s3)CS[C@H]12. The van der Waals surface area contributed by atoms with Gasteiger partial charge in [-0.2, -0.15) is 11.3 Å². The maximum atomic E-state index is 12.7. The quantitative estimate of drug-likeness (QED) is 0.439. The molecule has 146 valence electrons. The molecule has 0 saturated carbocycles. The number of thiophene rings is 1. The molecule has 2 atom stereocenters. The summed E-state index contributed by atoms with van der Waals surface area (Å²) in [5, 5.41) is 23.6. The van der Waals surface area contributed by atoms with Gasteiger partial charge in [0.05, 0.1) is 13.0 Å². The Hall–Kier alpha value is -1.73. The molecule has 0 aromatic carbocycles. The zero-order chi connectivity index (χ0) is 19.8. The van der Waals surface area contributed by atoms with Gasteiger partial charge in [-0.05, 0) is 22.4 Å². The second-order valence-corrected chi connectivity index (χ2v) is 9.41. The molecule has 4 heterocycles. The summed E-state index contributed by atoms with van der Waals surface area (Å²) in [5.74, 6) is -0.160. The lowest BCUT2D eigenvalue weighted by molar-refractivity contribution is -0.146. The molecular formula is C16H14N4O4S4. The molecule has 8 nitrogen and oxygen atoms in total. The average molecular weight is 455 g/mol. The van der Waals surface area contributed by atoms with Gasteiger partial charge in [0.25, 0.3) is 5.91 Å². The maximum absolute atomic E-state index is 12.7. The summed E-state index contributed by atoms with van der Waals surface area (Å²) < 4.78 is 0. The van der Waals surface area contributed by atoms with E-state index in [1.807, 2.05) is 16.8 Å². The Morgan fingerprint density at radius 1 is 1.39 bits per heavy atom. The van der Waals surface area contributed by atoms with Gasteiger partial charge in [-0.15, -0.1) is 22.0 Å². The van der Waals surface area contributed by atoms with E-state index in [-0.39, 0.29) is 35.9 Å². The average Bonchev–Trinajstić information content (AvgIpc) is 3.36. The van der Waals surface area contributed by atoms with Crippen molar-refractivity contribution in [1.82, 2.24) is 20.4 Å². The Morgan fingerprint density at radius 2 is 2.21 bits per heavy atom. The van der Waals surface area contributed by atoms with Crippen LogP contribution in [0.2, 0.25) is 0 Å². The minimum atomic E-state index is -0.678. The fourth-order valence-corrected chi connectivity index (χ4v) is 6.12. The standard InChI is InChI=1S/C16H14N4O4S4/c21-4-10-18-19-13(28-10)8-6-27-15-11(14(23)20(15)12(8)16(24)25)17-9(22)3-7-1-2-26-5-7/h1-2,5,11,15,21H,3-4,6H2,(H,17,22)(H,24,25)/t11-,15-/m1/s1. The number of thiol groups is 1. The molecule has 1 saturated heterocycles. The molecule has 12 heteroatoms. The van der Waals surface area contributed by atoms with Gasteiger partial charge in [-0.3, -0.25) is 19.3 Å². The van der Waals surface area contributed by atoms with E-state index in [2.05, 4.69) is 28.1 Å². The van der Waals surface area contributed by atoms with Crippen molar-refractivity contribution in [1.29, 1.82) is 0 Å². The van der Waals surface area contributed by atoms with Crippen molar-refractivity contribution >= 4 is 69.6 Å². The third kappa shape index (κ3) is 3.50. The number of aromatic nitrogens is 2. The Balaban J connectivity index is 1.53. The second-order valence-electron chi connectivity index (χ2n) is 6.05. The number of carbonyl (C=O) groups is 3. The molecule has 2 aromatic rings. The second kappa shape index (κ2) is 7.95. The van der Waals surface area contributed by atoms with Crippen molar-refractivity contribution in [3.8, 4) is 0 Å². The van der Waals surface area contributed by atoms with Gasteiger partial charge in [-0.25, -0.2) is 0 Å². The van der Waals surface area contributed by atoms with Crippen LogP contribution in [0.5, 0.6) is 0 Å². The Bertz CT molecular complexity index is 971. The Labute approximate surface area is 177 Å². The van der Waals surface area contributed by atoms with Crippen LogP contribution in [-0.2, 0) is 27.4 Å². The number of β-lactam (4-membered cyclic amide) rings is 1. The zero-order valence-electron chi connectivity index (χ0n) is 14.2. The van der Waals surface area contributed by atoms with Crippen LogP contribution in [0.4, 0.5) is 0 Å². The van der Waals surface area contributed by atoms with Gasteiger partial charge in [0.15, 0.2) is 0 Å². The van der Waals surface area contributed by atoms with Crippen LogP contribution in [0.15, 0.2) is 22.5 Å². The number of thioether (sulfide) groups is 1. The van der Waals surface area contributed by atoms with Gasteiger partial charge in [0, 0.05) is 11.3 Å². The lowest BCUT2D eigenvalue weighted by Crippen LogP contribution is -2.70. The van der Waals surface area contributed by atoms with Crippen LogP contribution < -0.4 is 5.32 Å². The summed E-state index contributed by atoms with van der Waals surface area (Å²) in [6.45, 7) is -0.244. The van der Waals surface area contributed by atoms with Crippen molar-refractivity contribution < 1.29 is 19.5 Å². The normalized spacial score (nSPS) is 21.4. The first-order valence-corrected chi connectivity index (χ1v) is 11.4. The molecule has 2 aliphatic rings. The third-order valence-electron chi connectivity index (χ3n) is 4.29. The van der Waals surface area contributed by atoms with Crippen molar-refractivity contribution in [2.45, 2.75) is 24.4 Å². The van der Waals surface area contributed by atoms with Crippen molar-refractivity contribution in [3.05, 3.63) is 38.1 Å². The molecule has 0 spiro atoms. The van der Waals surface area contributed by atoms with E-state index in [1.165, 1.54) is 39.3 Å². The Kier molecular flexibility index (Phi) is 5.56. The lowest BCUT2D eigenvalue weighted by Gasteiger charge is -2.49. The molecular weight excluding hydrogens is 440 g/mol. The van der Waals surface area contributed by atoms with Crippen LogP contribution in [-0.4, -0.2) is 54.3 Å². The molecule has 1 fully saturated rings. The highest BCUT2D eigenvalue weighted by Gasteiger charge is 2.54. The molecule has 0 bridgehead atoms. The molecule has 0 unspecified atom stereocenters. The number of nitrogens with one attached hydrogen (secondary N) is 1. The lowest BCUT2D eigenvalue weighted by atomic mass is 10.0. The van der Waals surface area contributed by atoms with Crippen LogP contribution in [0.1, 0.15) is 15.6 Å². The summed E-state index contributed by atoms with van der Waals surface area (Å²) in [6.07, 6.45) is 0.207. The molecule has 2 aromatic heterocycles. The highest BCUT2D eigenvalue weighted by Crippen LogP contribution is 2.44. The highest BCUT2D eigenvalue weighted by atomic mass is 32.2. The summed E-state index contributed by atoms with van der Waals surface area (Å²) in [7, 11) is 0. The largest absolute Gasteiger partial charge is 0.389 e. The van der Waals surface area contributed by atoms with Gasteiger partial charge < -0.3 is 10.4 Å². The van der Waals surface area contributed by atoms with E-state index >= 15 is 0 Å². The van der Waals surface area contributed by atoms with Crippen molar-refractivity contribution in [2.75, 3.05) is 5.75 Å². The molecule has 0 radical (unpaired) electrons. The van der Waals surface area contributed by atoms with E-state index < -0.39 is 11.2 Å². The third-order valence-corrected chi connectivity index (χ3v) is 7.48. The van der Waals surface area contributed by atoms with E-state index in [1.54, 1.807) is 0 Å². The monoisotopic (exact) mass is 454 g/mol. The molecule has 28 heavy (non-hydrogen) atoms. The van der Waals surface area contributed by atoms with Gasteiger partial charge in [0.1, 0.15) is 27.1 Å². The number of amides is 2. The van der Waals surface area contributed by atoms with Gasteiger partial charge in [-0.1, -0.05) is 24.0 Å². The number of hydrogen-bond acceptors (Lipinski definition) is 9. The topological polar surface area (TPSA) is 112 Å². The first-order chi connectivity index (χ1) is 13.5. The molecule has 4 rings (SSSR count). The first-order valence-electron chi connectivity index (χ1n) is 8.14. The van der Waals surface area contributed by atoms with Crippen LogP contribution in [0.3, 0.4) is 0 Å². The summed E-state index contributed by atoms with van der Waals surface area (Å²) in [6, 6.07) is 1.19. The number of hydrogen-bond donors (Lipinski definition) is 3. The van der Waals surface area contributed by atoms with Crippen molar-refractivity contribution in [3.63, 3.8) is 0 Å². The van der Waals surface area contributed by atoms with Crippen LogP contribution in [0, 0.1) is 0 Å². The molecule has 0 aliphatic carbocycles. The summed E-state index contributed by atoms with van der Waals surface area (Å²) in [5.41, 5.74) is 1.63. The predicted octanol–water partition coefficient (Wildman–Crippen LogP) is 0.902. The molecule has 2 aliphatic heterocycles. The predicted molar refractivity (Wildman–Crippen MR) is 110 cm³/mol. The van der Waals surface area contributed by atoms with E-state index in [9.17, 15) is 19.5 Å². The summed E-state index contributed by atoms with van der Waals surface area (Å²) in [4.78, 5) is 38.5. The van der Waals surface area contributed by atoms with Crippen LogP contribution >= 0.6 is 47.1 Å². The Morgan fingerprint density at radius 3 is 2.86 bits per heavy atom. The number of fused-ring (bicyclic) bond motifs is 1. The van der Waals surface area contributed by atoms with Gasteiger partial charge >= 0.3 is 0 Å². The van der Waals surface area contributed by atoms with E-state index in [0.29, 0.717) is 21.3 Å². The van der Waals surface area contributed by atoms with E-state index in [0.717, 1.165) is 5.56 Å². The number of nitrogens with zero attached hydrogens (tertiary/aromatic N) is 3. The maximum Gasteiger partial charge on any atom is 0.253 e. The smallest absolute Gasteiger partial charge is 0.253 e. The number of carbonyl (C=O) groups excluding carboxylic acids is 3. The molecule has 2 amide bonds. The minimum Gasteiger partial charge on any atom is -0.389 e.